The number of fused-ring (bicyclic) bond motifs is 2. The van der Waals surface area contributed by atoms with Gasteiger partial charge in [-0.3, -0.25) is 14.4 Å². The summed E-state index contributed by atoms with van der Waals surface area (Å²) in [4.78, 5) is 39.1. The second kappa shape index (κ2) is 16.3. The minimum Gasteiger partial charge on any atom is -0.353 e. The molecule has 1 aliphatic heterocycles. The summed E-state index contributed by atoms with van der Waals surface area (Å²) in [5.41, 5.74) is 3.72. The minimum absolute atomic E-state index is 0.0256. The molecule has 1 aliphatic rings. The van der Waals surface area contributed by atoms with Crippen LogP contribution in [0.25, 0.3) is 0 Å². The minimum atomic E-state index is -0.0256. The Kier molecular flexibility index (Phi) is 12.5. The van der Waals surface area contributed by atoms with Gasteiger partial charge < -0.3 is 10.2 Å². The normalized spacial score (nSPS) is 12.2. The summed E-state index contributed by atoms with van der Waals surface area (Å²) in [5, 5.41) is 2.91. The van der Waals surface area contributed by atoms with E-state index in [2.05, 4.69) is 17.2 Å². The molecule has 5 nitrogen and oxygen atoms in total. The summed E-state index contributed by atoms with van der Waals surface area (Å²) in [6.07, 6.45) is 11.5. The van der Waals surface area contributed by atoms with Crippen molar-refractivity contribution in [2.45, 2.75) is 84.6 Å². The van der Waals surface area contributed by atoms with E-state index in [9.17, 15) is 14.4 Å². The molecule has 0 unspecified atom stereocenters. The van der Waals surface area contributed by atoms with Gasteiger partial charge in [0.25, 0.3) is 0 Å². The number of benzene rings is 2. The van der Waals surface area contributed by atoms with Gasteiger partial charge in [-0.05, 0) is 61.4 Å². The third-order valence-electron chi connectivity index (χ3n) is 6.83. The highest BCUT2D eigenvalue weighted by Crippen LogP contribution is 2.26. The molecule has 3 rings (SSSR count). The third-order valence-corrected chi connectivity index (χ3v) is 6.83. The first-order chi connectivity index (χ1) is 18.9. The number of allylic oxidation sites excluding steroid dienone is 1. The molecule has 0 bridgehead atoms. The van der Waals surface area contributed by atoms with Crippen LogP contribution in [-0.2, 0) is 20.9 Å². The molecule has 0 radical (unpaired) electrons. The molecule has 0 spiro atoms. The predicted octanol–water partition coefficient (Wildman–Crippen LogP) is 6.73. The van der Waals surface area contributed by atoms with Gasteiger partial charge in [0.05, 0.1) is 12.2 Å². The maximum Gasteiger partial charge on any atom is 0.243 e. The summed E-state index contributed by atoms with van der Waals surface area (Å²) < 4.78 is 0. The number of ketones is 1. The Hall–Kier alpha value is -3.65. The number of hydrogen-bond donors (Lipinski definition) is 1. The van der Waals surface area contributed by atoms with Crippen LogP contribution in [-0.4, -0.2) is 24.1 Å². The zero-order valence-electron chi connectivity index (χ0n) is 23.5. The summed E-state index contributed by atoms with van der Waals surface area (Å²) in [7, 11) is 0. The summed E-state index contributed by atoms with van der Waals surface area (Å²) in [6.45, 7) is 5.29. The van der Waals surface area contributed by atoms with Crippen LogP contribution in [0.5, 0.6) is 0 Å². The molecule has 2 aromatic rings. The van der Waals surface area contributed by atoms with Crippen molar-refractivity contribution >= 4 is 23.3 Å². The highest BCUT2D eigenvalue weighted by Gasteiger charge is 2.20. The Morgan fingerprint density at radius 3 is 2.23 bits per heavy atom. The number of Topliss-reactive ketones (excluding diaryl/α,β-unsaturated/α-hetero) is 1. The van der Waals surface area contributed by atoms with E-state index in [0.29, 0.717) is 44.7 Å². The topological polar surface area (TPSA) is 66.5 Å². The molecule has 206 valence electrons. The molecule has 1 N–H and O–H groups in total. The number of nitrogens with zero attached hydrogens (tertiary/aromatic N) is 1. The Labute approximate surface area is 234 Å². The average molecular weight is 527 g/mol. The summed E-state index contributed by atoms with van der Waals surface area (Å²) in [6, 6.07) is 15.8. The summed E-state index contributed by atoms with van der Waals surface area (Å²) >= 11 is 0. The van der Waals surface area contributed by atoms with Crippen molar-refractivity contribution in [3.8, 4) is 11.8 Å². The van der Waals surface area contributed by atoms with Crippen LogP contribution in [0.3, 0.4) is 0 Å². The number of unbranched alkanes of at least 4 members (excludes halogenated alkanes) is 5. The SMILES string of the molecule is CC(C)/C=C/C(=O)NCCCCCCCC(=O)CCCCC(=O)N1Cc2ccccc2C#Cc2ccccc21. The number of carbonyl (C=O) groups is 3. The van der Waals surface area contributed by atoms with Crippen molar-refractivity contribution in [3.05, 3.63) is 77.4 Å². The van der Waals surface area contributed by atoms with E-state index < -0.39 is 0 Å². The Bertz CT molecular complexity index is 1200. The van der Waals surface area contributed by atoms with Gasteiger partial charge in [0.15, 0.2) is 0 Å². The second-order valence-corrected chi connectivity index (χ2v) is 10.6. The van der Waals surface area contributed by atoms with Crippen molar-refractivity contribution in [1.82, 2.24) is 5.32 Å². The fraction of sp³-hybridized carbons (Fsp3) is 0.441. The van der Waals surface area contributed by atoms with E-state index >= 15 is 0 Å². The van der Waals surface area contributed by atoms with Gasteiger partial charge in [0, 0.05) is 36.9 Å². The number of rotatable bonds is 15. The highest BCUT2D eigenvalue weighted by molar-refractivity contribution is 5.95. The van der Waals surface area contributed by atoms with Crippen LogP contribution < -0.4 is 10.2 Å². The lowest BCUT2D eigenvalue weighted by atomic mass is 10.0. The molecule has 1 heterocycles. The van der Waals surface area contributed by atoms with Crippen molar-refractivity contribution < 1.29 is 14.4 Å². The molecule has 39 heavy (non-hydrogen) atoms. The monoisotopic (exact) mass is 526 g/mol. The fourth-order valence-corrected chi connectivity index (χ4v) is 4.59. The van der Waals surface area contributed by atoms with Gasteiger partial charge in [-0.15, -0.1) is 0 Å². The van der Waals surface area contributed by atoms with E-state index in [4.69, 9.17) is 0 Å². The molecule has 2 amide bonds. The van der Waals surface area contributed by atoms with Gasteiger partial charge >= 0.3 is 0 Å². The van der Waals surface area contributed by atoms with Gasteiger partial charge in [-0.25, -0.2) is 0 Å². The molecule has 2 aromatic carbocycles. The van der Waals surface area contributed by atoms with Crippen molar-refractivity contribution in [3.63, 3.8) is 0 Å². The average Bonchev–Trinajstić information content (AvgIpc) is 2.92. The first-order valence-electron chi connectivity index (χ1n) is 14.4. The van der Waals surface area contributed by atoms with Crippen LogP contribution in [0.1, 0.15) is 94.7 Å². The van der Waals surface area contributed by atoms with Crippen LogP contribution in [0.4, 0.5) is 5.69 Å². The zero-order chi connectivity index (χ0) is 27.9. The largest absolute Gasteiger partial charge is 0.353 e. The number of hydrogen-bond acceptors (Lipinski definition) is 3. The first kappa shape index (κ1) is 29.9. The van der Waals surface area contributed by atoms with Gasteiger partial charge in [-0.1, -0.05) is 81.4 Å². The maximum atomic E-state index is 13.3. The van der Waals surface area contributed by atoms with Crippen LogP contribution >= 0.6 is 0 Å². The number of anilines is 1. The lowest BCUT2D eigenvalue weighted by Crippen LogP contribution is -2.31. The van der Waals surface area contributed by atoms with Crippen LogP contribution in [0.15, 0.2) is 60.7 Å². The number of para-hydroxylation sites is 1. The third kappa shape index (κ3) is 10.6. The Balaban J connectivity index is 1.31. The van der Waals surface area contributed by atoms with Gasteiger partial charge in [0.2, 0.25) is 11.8 Å². The second-order valence-electron chi connectivity index (χ2n) is 10.6. The lowest BCUT2D eigenvalue weighted by molar-refractivity contribution is -0.120. The molecule has 0 fully saturated rings. The molecule has 0 aliphatic carbocycles. The van der Waals surface area contributed by atoms with E-state index in [1.807, 2.05) is 73.4 Å². The molecular weight excluding hydrogens is 484 g/mol. The van der Waals surface area contributed by atoms with Crippen LogP contribution in [0, 0.1) is 17.8 Å². The zero-order valence-corrected chi connectivity index (χ0v) is 23.5. The fourth-order valence-electron chi connectivity index (χ4n) is 4.59. The molecule has 0 aromatic heterocycles. The quantitative estimate of drug-likeness (QED) is 0.159. The number of carbonyl (C=O) groups excluding carboxylic acids is 3. The van der Waals surface area contributed by atoms with Gasteiger partial charge in [-0.2, -0.15) is 0 Å². The smallest absolute Gasteiger partial charge is 0.243 e. The van der Waals surface area contributed by atoms with Crippen molar-refractivity contribution in [1.29, 1.82) is 0 Å². The molecule has 5 heteroatoms. The number of nitrogens with one attached hydrogen (secondary N) is 1. The van der Waals surface area contributed by atoms with E-state index in [1.165, 1.54) is 0 Å². The predicted molar refractivity (Wildman–Crippen MR) is 158 cm³/mol. The molecular formula is C34H42N2O3. The van der Waals surface area contributed by atoms with Crippen molar-refractivity contribution in [2.24, 2.45) is 5.92 Å². The number of amides is 2. The molecule has 0 atom stereocenters. The van der Waals surface area contributed by atoms with Crippen molar-refractivity contribution in [2.75, 3.05) is 11.4 Å². The van der Waals surface area contributed by atoms with Crippen LogP contribution in [0.2, 0.25) is 0 Å². The van der Waals surface area contributed by atoms with E-state index in [1.54, 1.807) is 6.08 Å². The van der Waals surface area contributed by atoms with E-state index in [-0.39, 0.29) is 17.6 Å². The van der Waals surface area contributed by atoms with Gasteiger partial charge in [0.1, 0.15) is 5.78 Å². The highest BCUT2D eigenvalue weighted by atomic mass is 16.2. The molecule has 0 saturated carbocycles. The standard InChI is InChI=1S/C34H42N2O3/c1-27(2)21-24-33(38)35-25-13-5-3-4-6-17-31(37)18-10-12-20-34(39)36-26-30-16-8-7-14-28(30)22-23-29-15-9-11-19-32(29)36/h7-9,11,14-16,19,21,24,27H,3-6,10,12-13,17-18,20,25-26H2,1-2H3,(H,35,38)/b24-21+. The first-order valence-corrected chi connectivity index (χ1v) is 14.4. The Morgan fingerprint density at radius 2 is 1.44 bits per heavy atom. The summed E-state index contributed by atoms with van der Waals surface area (Å²) in [5.74, 6) is 7.19. The lowest BCUT2D eigenvalue weighted by Gasteiger charge is -2.26. The maximum absolute atomic E-state index is 13.3. The molecule has 0 saturated heterocycles. The Morgan fingerprint density at radius 1 is 0.821 bits per heavy atom. The van der Waals surface area contributed by atoms with E-state index in [0.717, 1.165) is 60.9 Å².